The van der Waals surface area contributed by atoms with Crippen molar-refractivity contribution in [2.75, 3.05) is 0 Å². The van der Waals surface area contributed by atoms with Crippen molar-refractivity contribution < 1.29 is 4.39 Å². The van der Waals surface area contributed by atoms with Crippen LogP contribution in [-0.2, 0) is 6.54 Å². The molecule has 0 aliphatic heterocycles. The van der Waals surface area contributed by atoms with Crippen LogP contribution in [0.5, 0.6) is 0 Å². The number of aryl methyl sites for hydroxylation is 2. The summed E-state index contributed by atoms with van der Waals surface area (Å²) >= 11 is 1.53. The number of rotatable bonds is 3. The lowest BCUT2D eigenvalue weighted by Gasteiger charge is -2.04. The minimum Gasteiger partial charge on any atom is -0.293 e. The molecule has 1 aromatic carbocycles. The normalized spacial score (nSPS) is 11.3. The number of halogens is 1. The third-order valence-electron chi connectivity index (χ3n) is 4.21. The molecule has 0 saturated carbocycles. The van der Waals surface area contributed by atoms with Crippen molar-refractivity contribution in [3.63, 3.8) is 0 Å². The van der Waals surface area contributed by atoms with Crippen LogP contribution in [0.3, 0.4) is 0 Å². The summed E-state index contributed by atoms with van der Waals surface area (Å²) in [6.07, 6.45) is 3.31. The molecule has 0 aliphatic carbocycles. The van der Waals surface area contributed by atoms with Crippen LogP contribution in [0.25, 0.3) is 15.9 Å². The van der Waals surface area contributed by atoms with Crippen LogP contribution in [0.15, 0.2) is 47.7 Å². The van der Waals surface area contributed by atoms with Crippen LogP contribution in [0.2, 0.25) is 0 Å². The van der Waals surface area contributed by atoms with E-state index in [1.807, 2.05) is 19.9 Å². The summed E-state index contributed by atoms with van der Waals surface area (Å²) in [4.78, 5) is 19.0. The Kier molecular flexibility index (Phi) is 3.73. The van der Waals surface area contributed by atoms with Gasteiger partial charge in [-0.15, -0.1) is 11.3 Å². The molecule has 0 radical (unpaired) electrons. The molecule has 0 amide bonds. The highest BCUT2D eigenvalue weighted by Gasteiger charge is 2.13. The zero-order valence-corrected chi connectivity index (χ0v) is 14.5. The van der Waals surface area contributed by atoms with E-state index in [2.05, 4.69) is 10.1 Å². The van der Waals surface area contributed by atoms with Crippen molar-refractivity contribution in [2.45, 2.75) is 20.4 Å². The zero-order chi connectivity index (χ0) is 17.6. The lowest BCUT2D eigenvalue weighted by atomic mass is 10.2. The molecule has 0 spiro atoms. The average molecular weight is 354 g/mol. The Morgan fingerprint density at radius 3 is 2.88 bits per heavy atom. The van der Waals surface area contributed by atoms with Crippen LogP contribution < -0.4 is 5.56 Å². The third-order valence-corrected chi connectivity index (χ3v) is 5.32. The molecule has 0 saturated heterocycles. The summed E-state index contributed by atoms with van der Waals surface area (Å²) < 4.78 is 16.5. The van der Waals surface area contributed by atoms with E-state index in [1.54, 1.807) is 33.9 Å². The topological polar surface area (TPSA) is 52.7 Å². The Morgan fingerprint density at radius 2 is 2.08 bits per heavy atom. The third kappa shape index (κ3) is 2.76. The Bertz CT molecular complexity index is 1140. The number of nitrogens with zero attached hydrogens (tertiary/aromatic N) is 4. The highest BCUT2D eigenvalue weighted by Crippen LogP contribution is 2.25. The highest BCUT2D eigenvalue weighted by molar-refractivity contribution is 7.18. The maximum Gasteiger partial charge on any atom is 0.262 e. The Morgan fingerprint density at radius 1 is 1.24 bits per heavy atom. The molecule has 3 aromatic heterocycles. The lowest BCUT2D eigenvalue weighted by molar-refractivity contribution is 0.625. The second kappa shape index (κ2) is 5.93. The van der Waals surface area contributed by atoms with E-state index in [-0.39, 0.29) is 11.4 Å². The summed E-state index contributed by atoms with van der Waals surface area (Å²) in [5, 5.41) is 5.11. The molecule has 3 heterocycles. The predicted molar refractivity (Wildman–Crippen MR) is 96.0 cm³/mol. The molecule has 0 aliphatic rings. The smallest absolute Gasteiger partial charge is 0.262 e. The van der Waals surface area contributed by atoms with E-state index in [4.69, 9.17) is 0 Å². The van der Waals surface area contributed by atoms with Crippen molar-refractivity contribution in [2.24, 2.45) is 0 Å². The first-order valence-electron chi connectivity index (χ1n) is 7.78. The summed E-state index contributed by atoms with van der Waals surface area (Å²) in [6.45, 7) is 4.25. The summed E-state index contributed by atoms with van der Waals surface area (Å²) in [5.74, 6) is -0.316. The molecule has 7 heteroatoms. The van der Waals surface area contributed by atoms with Gasteiger partial charge in [0.25, 0.3) is 5.56 Å². The van der Waals surface area contributed by atoms with Crippen molar-refractivity contribution in [1.29, 1.82) is 0 Å². The number of hydrogen-bond acceptors (Lipinski definition) is 4. The van der Waals surface area contributed by atoms with Crippen LogP contribution in [0.1, 0.15) is 16.1 Å². The maximum absolute atomic E-state index is 13.4. The molecular weight excluding hydrogens is 339 g/mol. The predicted octanol–water partition coefficient (Wildman–Crippen LogP) is 3.45. The fourth-order valence-electron chi connectivity index (χ4n) is 2.77. The van der Waals surface area contributed by atoms with Crippen molar-refractivity contribution >= 4 is 21.6 Å². The first-order valence-corrected chi connectivity index (χ1v) is 8.60. The number of benzene rings is 1. The molecular formula is C18H15FN4OS. The van der Waals surface area contributed by atoms with Crippen LogP contribution in [-0.4, -0.2) is 19.3 Å². The van der Waals surface area contributed by atoms with Gasteiger partial charge in [0.1, 0.15) is 10.6 Å². The van der Waals surface area contributed by atoms with Gasteiger partial charge in [-0.05, 0) is 43.7 Å². The van der Waals surface area contributed by atoms with Gasteiger partial charge in [0.05, 0.1) is 29.6 Å². The molecule has 0 bridgehead atoms. The van der Waals surface area contributed by atoms with Gasteiger partial charge in [0.15, 0.2) is 0 Å². The van der Waals surface area contributed by atoms with E-state index in [9.17, 15) is 9.18 Å². The molecule has 4 aromatic rings. The molecule has 0 fully saturated rings. The first kappa shape index (κ1) is 15.7. The van der Waals surface area contributed by atoms with Gasteiger partial charge in [-0.25, -0.2) is 14.1 Å². The second-order valence-corrected chi connectivity index (χ2v) is 7.08. The monoisotopic (exact) mass is 354 g/mol. The fourth-order valence-corrected chi connectivity index (χ4v) is 3.75. The summed E-state index contributed by atoms with van der Waals surface area (Å²) in [6, 6.07) is 8.02. The van der Waals surface area contributed by atoms with E-state index in [1.165, 1.54) is 23.5 Å². The van der Waals surface area contributed by atoms with Crippen LogP contribution in [0.4, 0.5) is 4.39 Å². The molecule has 126 valence electrons. The Balaban J connectivity index is 1.69. The van der Waals surface area contributed by atoms with Gasteiger partial charge in [-0.2, -0.15) is 5.10 Å². The first-order chi connectivity index (χ1) is 12.0. The maximum atomic E-state index is 13.4. The number of thiophene rings is 1. The van der Waals surface area contributed by atoms with Gasteiger partial charge in [-0.1, -0.05) is 6.07 Å². The molecule has 5 nitrogen and oxygen atoms in total. The van der Waals surface area contributed by atoms with Crippen LogP contribution in [0, 0.1) is 19.7 Å². The highest BCUT2D eigenvalue weighted by atomic mass is 32.1. The second-order valence-electron chi connectivity index (χ2n) is 5.87. The summed E-state index contributed by atoms with van der Waals surface area (Å²) in [7, 11) is 0. The van der Waals surface area contributed by atoms with Gasteiger partial charge in [-0.3, -0.25) is 9.36 Å². The SMILES string of the molecule is Cc1sc2ncn(Cc3ccn(-c4cccc(F)c4)n3)c(=O)c2c1C. The molecule has 0 N–H and O–H groups in total. The Hall–Kier alpha value is -2.80. The van der Waals surface area contributed by atoms with E-state index >= 15 is 0 Å². The Labute approximate surface area is 147 Å². The molecule has 25 heavy (non-hydrogen) atoms. The average Bonchev–Trinajstić information content (AvgIpc) is 3.16. The molecule has 0 atom stereocenters. The van der Waals surface area contributed by atoms with Crippen molar-refractivity contribution in [3.8, 4) is 5.69 Å². The van der Waals surface area contributed by atoms with E-state index in [0.29, 0.717) is 23.3 Å². The minimum absolute atomic E-state index is 0.0628. The van der Waals surface area contributed by atoms with E-state index in [0.717, 1.165) is 15.3 Å². The van der Waals surface area contributed by atoms with Gasteiger partial charge >= 0.3 is 0 Å². The van der Waals surface area contributed by atoms with E-state index < -0.39 is 0 Å². The van der Waals surface area contributed by atoms with Gasteiger partial charge in [0, 0.05) is 11.1 Å². The summed E-state index contributed by atoms with van der Waals surface area (Å²) in [5.41, 5.74) is 2.26. The lowest BCUT2D eigenvalue weighted by Crippen LogP contribution is -2.21. The van der Waals surface area contributed by atoms with Crippen LogP contribution >= 0.6 is 11.3 Å². The van der Waals surface area contributed by atoms with Gasteiger partial charge < -0.3 is 0 Å². The quantitative estimate of drug-likeness (QED) is 0.566. The molecule has 0 unspecified atom stereocenters. The number of aromatic nitrogens is 4. The largest absolute Gasteiger partial charge is 0.293 e. The zero-order valence-electron chi connectivity index (χ0n) is 13.7. The number of hydrogen-bond donors (Lipinski definition) is 0. The molecule has 4 rings (SSSR count). The number of fused-ring (bicyclic) bond motifs is 1. The van der Waals surface area contributed by atoms with Crippen molar-refractivity contribution in [3.05, 3.63) is 75.2 Å². The standard InChI is InChI=1S/C18H15FN4OS/c1-11-12(2)25-17-16(11)18(24)22(10-20-17)9-14-6-7-23(21-14)15-5-3-4-13(19)8-15/h3-8,10H,9H2,1-2H3. The fraction of sp³-hybridized carbons (Fsp3) is 0.167. The minimum atomic E-state index is -0.316. The van der Waals surface area contributed by atoms with Crippen molar-refractivity contribution in [1.82, 2.24) is 19.3 Å². The van der Waals surface area contributed by atoms with Gasteiger partial charge in [0.2, 0.25) is 0 Å².